The van der Waals surface area contributed by atoms with Crippen LogP contribution in [-0.4, -0.2) is 97.2 Å². The second kappa shape index (κ2) is 25.2. The quantitative estimate of drug-likeness (QED) is 0.0580. The van der Waals surface area contributed by atoms with Crippen LogP contribution in [0.1, 0.15) is 87.1 Å². The highest BCUT2D eigenvalue weighted by molar-refractivity contribution is 5.92. The molecule has 17 nitrogen and oxygen atoms in total. The molecule has 2 aliphatic rings. The Morgan fingerprint density at radius 2 is 0.545 bits per heavy atom. The Morgan fingerprint density at radius 1 is 0.325 bits per heavy atom. The van der Waals surface area contributed by atoms with Gasteiger partial charge in [-0.3, -0.25) is 0 Å². The van der Waals surface area contributed by atoms with Gasteiger partial charge in [-0.1, -0.05) is 109 Å². The smallest absolute Gasteiger partial charge is 0.338 e. The number of ether oxygens (including phenoxy) is 10. The minimum Gasteiger partial charge on any atom is -0.472 e. The highest BCUT2D eigenvalue weighted by Gasteiger charge is 2.53. The molecule has 7 aromatic rings. The lowest BCUT2D eigenvalue weighted by Crippen LogP contribution is -2.61. The zero-order valence-corrected chi connectivity index (χ0v) is 41.6. The lowest BCUT2D eigenvalue weighted by Gasteiger charge is -2.43. The van der Waals surface area contributed by atoms with E-state index in [1.54, 1.807) is 172 Å². The van der Waals surface area contributed by atoms with Gasteiger partial charge in [0.2, 0.25) is 0 Å². The molecule has 3 heterocycles. The number of esters is 6. The van der Waals surface area contributed by atoms with Crippen molar-refractivity contribution in [2.75, 3.05) is 0 Å². The van der Waals surface area contributed by atoms with E-state index < -0.39 is 97.2 Å². The van der Waals surface area contributed by atoms with Crippen LogP contribution in [0.25, 0.3) is 0 Å². The van der Waals surface area contributed by atoms with E-state index in [0.29, 0.717) is 11.1 Å². The fraction of sp³-hybridized carbons (Fsp3) is 0.233. The Morgan fingerprint density at radius 3 is 0.792 bits per heavy atom. The molecule has 394 valence electrons. The SMILES string of the molecule is C[C@@H]1O[C@H](OCc2cocc2CO[C@H]2O[C@@H](C)[C@@H](OC(=O)c3ccccc3)C(OC(=O)c3ccccc3)C2OC(=O)c2ccccc2)C(OC(=O)c2ccccc2)C(OC(=O)c2ccccc2)[C@@H]1OC(=O)c1ccccc1. The van der Waals surface area contributed by atoms with Gasteiger partial charge in [0.15, 0.2) is 49.2 Å². The predicted molar refractivity (Wildman–Crippen MR) is 271 cm³/mol. The van der Waals surface area contributed by atoms with E-state index in [1.807, 2.05) is 0 Å². The molecular formula is C60H52O17. The molecule has 2 fully saturated rings. The lowest BCUT2D eigenvalue weighted by atomic mass is 9.98. The van der Waals surface area contributed by atoms with Crippen LogP contribution >= 0.6 is 0 Å². The molecule has 10 atom stereocenters. The second-order valence-corrected chi connectivity index (χ2v) is 17.9. The molecule has 1 aromatic heterocycles. The van der Waals surface area contributed by atoms with Crippen LogP contribution in [0.15, 0.2) is 199 Å². The molecule has 0 saturated carbocycles. The first kappa shape index (κ1) is 53.1. The van der Waals surface area contributed by atoms with E-state index in [0.717, 1.165) is 0 Å². The van der Waals surface area contributed by atoms with Crippen LogP contribution in [0.5, 0.6) is 0 Å². The van der Waals surface area contributed by atoms with Crippen molar-refractivity contribution in [3.8, 4) is 0 Å². The van der Waals surface area contributed by atoms with Crippen molar-refractivity contribution in [3.05, 3.63) is 239 Å². The summed E-state index contributed by atoms with van der Waals surface area (Å²) in [5.74, 6) is -4.74. The van der Waals surface area contributed by atoms with Crippen LogP contribution in [0.2, 0.25) is 0 Å². The van der Waals surface area contributed by atoms with Crippen molar-refractivity contribution in [3.63, 3.8) is 0 Å². The molecule has 0 spiro atoms. The summed E-state index contributed by atoms with van der Waals surface area (Å²) in [6.45, 7) is 2.61. The van der Waals surface area contributed by atoms with Gasteiger partial charge in [0.1, 0.15) is 0 Å². The first-order chi connectivity index (χ1) is 37.5. The summed E-state index contributed by atoms with van der Waals surface area (Å²) in [5, 5.41) is 0. The summed E-state index contributed by atoms with van der Waals surface area (Å²) in [5.41, 5.74) is 1.88. The van der Waals surface area contributed by atoms with Gasteiger partial charge in [0, 0.05) is 11.1 Å². The maximum Gasteiger partial charge on any atom is 0.338 e. The molecule has 2 aliphatic heterocycles. The third kappa shape index (κ3) is 13.2. The molecule has 0 aliphatic carbocycles. The first-order valence-corrected chi connectivity index (χ1v) is 24.6. The number of carbonyl (C=O) groups is 6. The highest BCUT2D eigenvalue weighted by Crippen LogP contribution is 2.34. The Kier molecular flexibility index (Phi) is 17.4. The summed E-state index contributed by atoms with van der Waals surface area (Å²) in [6.07, 6.45) is -10.9. The Bertz CT molecular complexity index is 2880. The second-order valence-electron chi connectivity index (χ2n) is 17.9. The predicted octanol–water partition coefficient (Wildman–Crippen LogP) is 9.16. The normalized spacial score (nSPS) is 22.8. The average Bonchev–Trinajstić information content (AvgIpc) is 3.96. The van der Waals surface area contributed by atoms with Crippen molar-refractivity contribution in [2.24, 2.45) is 0 Å². The number of hydrogen-bond acceptors (Lipinski definition) is 17. The van der Waals surface area contributed by atoms with E-state index in [-0.39, 0.29) is 46.6 Å². The average molecular weight is 1050 g/mol. The Hall–Kier alpha value is -8.74. The molecule has 4 unspecified atom stereocenters. The topological polar surface area (TPSA) is 208 Å². The zero-order chi connectivity index (χ0) is 53.7. The molecular weight excluding hydrogens is 993 g/mol. The molecule has 0 radical (unpaired) electrons. The van der Waals surface area contributed by atoms with Gasteiger partial charge in [-0.15, -0.1) is 0 Å². The molecule has 2 saturated heterocycles. The maximum atomic E-state index is 13.9. The van der Waals surface area contributed by atoms with Gasteiger partial charge in [0.05, 0.1) is 71.3 Å². The summed E-state index contributed by atoms with van der Waals surface area (Å²) in [6, 6.07) is 48.8. The van der Waals surface area contributed by atoms with Crippen molar-refractivity contribution in [1.82, 2.24) is 0 Å². The van der Waals surface area contributed by atoms with E-state index in [1.165, 1.54) is 36.8 Å². The summed E-state index contributed by atoms with van der Waals surface area (Å²) < 4.78 is 67.7. The van der Waals surface area contributed by atoms with Crippen molar-refractivity contribution in [2.45, 2.75) is 88.5 Å². The monoisotopic (exact) mass is 1040 g/mol. The number of rotatable bonds is 18. The molecule has 0 bridgehead atoms. The fourth-order valence-corrected chi connectivity index (χ4v) is 8.60. The standard InChI is InChI=1S/C60H52O17/c1-37-47(72-53(61)39-21-9-3-10-22-39)49(74-55(63)41-25-13-5-14-26-41)51(76-57(65)43-29-17-7-18-30-43)59(70-37)68-35-45-33-67-34-46(45)36-69-60-52(77-58(66)44-31-19-8-20-32-44)50(75-56(64)42-27-15-6-16-28-42)48(38(2)71-60)73-54(62)40-23-11-4-12-24-40/h3-34,37-38,47-52,59-60H,35-36H2,1-2H3/t37-,38-,47+,48+,49?,50?,51?,52?,59-,60-/m0/s1. The first-order valence-electron chi connectivity index (χ1n) is 24.6. The van der Waals surface area contributed by atoms with E-state index in [4.69, 9.17) is 51.8 Å². The molecule has 0 amide bonds. The van der Waals surface area contributed by atoms with Gasteiger partial charge in [-0.25, -0.2) is 28.8 Å². The molecule has 6 aromatic carbocycles. The van der Waals surface area contributed by atoms with E-state index >= 15 is 0 Å². The van der Waals surface area contributed by atoms with Crippen molar-refractivity contribution in [1.29, 1.82) is 0 Å². The minimum atomic E-state index is -1.54. The van der Waals surface area contributed by atoms with Gasteiger partial charge in [-0.05, 0) is 86.6 Å². The highest BCUT2D eigenvalue weighted by atomic mass is 16.7. The Balaban J connectivity index is 0.987. The zero-order valence-electron chi connectivity index (χ0n) is 41.6. The van der Waals surface area contributed by atoms with Gasteiger partial charge in [-0.2, -0.15) is 0 Å². The number of hydrogen-bond donors (Lipinski definition) is 0. The third-order valence-corrected chi connectivity index (χ3v) is 12.6. The largest absolute Gasteiger partial charge is 0.472 e. The van der Waals surface area contributed by atoms with E-state index in [9.17, 15) is 28.8 Å². The Labute approximate surface area is 442 Å². The van der Waals surface area contributed by atoms with E-state index in [2.05, 4.69) is 0 Å². The molecule has 77 heavy (non-hydrogen) atoms. The van der Waals surface area contributed by atoms with Crippen LogP contribution in [0.3, 0.4) is 0 Å². The fourth-order valence-electron chi connectivity index (χ4n) is 8.60. The maximum absolute atomic E-state index is 13.9. The van der Waals surface area contributed by atoms with Gasteiger partial charge in [0.25, 0.3) is 0 Å². The third-order valence-electron chi connectivity index (χ3n) is 12.6. The van der Waals surface area contributed by atoms with Gasteiger partial charge < -0.3 is 51.8 Å². The van der Waals surface area contributed by atoms with Crippen LogP contribution < -0.4 is 0 Å². The number of carbonyl (C=O) groups excluding carboxylic acids is 6. The van der Waals surface area contributed by atoms with Crippen molar-refractivity contribution >= 4 is 35.8 Å². The van der Waals surface area contributed by atoms with Gasteiger partial charge >= 0.3 is 35.8 Å². The summed E-state index contributed by atoms with van der Waals surface area (Å²) in [4.78, 5) is 82.8. The van der Waals surface area contributed by atoms with Crippen LogP contribution in [0.4, 0.5) is 0 Å². The van der Waals surface area contributed by atoms with Crippen LogP contribution in [0, 0.1) is 0 Å². The number of benzene rings is 6. The summed E-state index contributed by atoms with van der Waals surface area (Å²) >= 11 is 0. The molecule has 9 rings (SSSR count). The molecule has 0 N–H and O–H groups in total. The van der Waals surface area contributed by atoms with Crippen LogP contribution in [-0.2, 0) is 60.6 Å². The number of furan rings is 1. The molecule has 17 heteroatoms. The van der Waals surface area contributed by atoms with Crippen molar-refractivity contribution < 1.29 is 80.6 Å². The lowest BCUT2D eigenvalue weighted by molar-refractivity contribution is -0.295. The summed E-state index contributed by atoms with van der Waals surface area (Å²) in [7, 11) is 0. The minimum absolute atomic E-state index is 0.162.